The highest BCUT2D eigenvalue weighted by atomic mass is 19.3. The van der Waals surface area contributed by atoms with Crippen LogP contribution in [0.3, 0.4) is 0 Å². The van der Waals surface area contributed by atoms with Crippen molar-refractivity contribution in [2.75, 3.05) is 13.2 Å². The van der Waals surface area contributed by atoms with E-state index >= 15 is 0 Å². The standard InChI is InChI=1S/C22H22F2N2O5/c23-19(24)11-18(21(28)29)26-20(27)9-10-25-22(30)31-12-17-15-7-3-1-5-13(15)14-6-2-4-8-16(14)17/h1-8,17-19H,9-12H2,(H,25,30)(H,26,27)(H,28,29). The van der Waals surface area contributed by atoms with Crippen molar-refractivity contribution >= 4 is 18.0 Å². The number of ether oxygens (including phenoxy) is 1. The Morgan fingerprint density at radius 1 is 1.00 bits per heavy atom. The van der Waals surface area contributed by atoms with Gasteiger partial charge in [0.1, 0.15) is 12.6 Å². The SMILES string of the molecule is O=C(CCNC(=O)OCC1c2ccccc2-c2ccccc21)NC(CC(F)F)C(=O)O. The number of carbonyl (C=O) groups excluding carboxylic acids is 2. The summed E-state index contributed by atoms with van der Waals surface area (Å²) in [6.07, 6.45) is -4.84. The molecule has 3 rings (SSSR count). The number of halogens is 2. The number of alkyl halides is 2. The summed E-state index contributed by atoms with van der Waals surface area (Å²) in [5.41, 5.74) is 4.32. The zero-order valence-electron chi connectivity index (χ0n) is 16.5. The minimum absolute atomic E-state index is 0.105. The summed E-state index contributed by atoms with van der Waals surface area (Å²) in [5.74, 6) is -2.41. The molecule has 164 valence electrons. The molecule has 0 bridgehead atoms. The quantitative estimate of drug-likeness (QED) is 0.565. The van der Waals surface area contributed by atoms with Crippen molar-refractivity contribution in [3.05, 3.63) is 59.7 Å². The van der Waals surface area contributed by atoms with Crippen molar-refractivity contribution < 1.29 is 33.0 Å². The number of rotatable bonds is 9. The highest BCUT2D eigenvalue weighted by Gasteiger charge is 2.29. The molecule has 7 nitrogen and oxygen atoms in total. The largest absolute Gasteiger partial charge is 0.480 e. The molecule has 9 heteroatoms. The van der Waals surface area contributed by atoms with Gasteiger partial charge in [0.2, 0.25) is 12.3 Å². The molecule has 3 N–H and O–H groups in total. The van der Waals surface area contributed by atoms with Gasteiger partial charge in [-0.1, -0.05) is 48.5 Å². The fraction of sp³-hybridized carbons (Fsp3) is 0.318. The first-order chi connectivity index (χ1) is 14.9. The number of carbonyl (C=O) groups is 3. The van der Waals surface area contributed by atoms with Crippen LogP contribution in [0.25, 0.3) is 11.1 Å². The van der Waals surface area contributed by atoms with Crippen LogP contribution in [0.1, 0.15) is 29.9 Å². The zero-order chi connectivity index (χ0) is 22.4. The van der Waals surface area contributed by atoms with Crippen molar-refractivity contribution in [2.24, 2.45) is 0 Å². The van der Waals surface area contributed by atoms with Gasteiger partial charge in [0.05, 0.1) is 0 Å². The highest BCUT2D eigenvalue weighted by Crippen LogP contribution is 2.44. The second-order valence-corrected chi connectivity index (χ2v) is 7.09. The molecule has 2 amide bonds. The summed E-state index contributed by atoms with van der Waals surface area (Å²) in [4.78, 5) is 34.7. The molecule has 0 fully saturated rings. The molecule has 0 heterocycles. The van der Waals surface area contributed by atoms with Gasteiger partial charge >= 0.3 is 12.1 Å². The van der Waals surface area contributed by atoms with E-state index in [1.54, 1.807) is 0 Å². The second-order valence-electron chi connectivity index (χ2n) is 7.09. The van der Waals surface area contributed by atoms with Crippen LogP contribution in [0.15, 0.2) is 48.5 Å². The molecule has 0 spiro atoms. The number of benzene rings is 2. The lowest BCUT2D eigenvalue weighted by molar-refractivity contribution is -0.143. The van der Waals surface area contributed by atoms with E-state index in [0.717, 1.165) is 22.3 Å². The van der Waals surface area contributed by atoms with Gasteiger partial charge in [-0.05, 0) is 22.3 Å². The molecule has 1 aliphatic rings. The second kappa shape index (κ2) is 10.0. The lowest BCUT2D eigenvalue weighted by atomic mass is 9.98. The van der Waals surface area contributed by atoms with E-state index in [0.29, 0.717) is 0 Å². The van der Waals surface area contributed by atoms with Crippen LogP contribution < -0.4 is 10.6 Å². The van der Waals surface area contributed by atoms with Gasteiger partial charge in [-0.25, -0.2) is 18.4 Å². The molecule has 1 unspecified atom stereocenters. The molecule has 31 heavy (non-hydrogen) atoms. The zero-order valence-corrected chi connectivity index (χ0v) is 16.5. The number of hydrogen-bond acceptors (Lipinski definition) is 4. The Hall–Kier alpha value is -3.49. The highest BCUT2D eigenvalue weighted by molar-refractivity contribution is 5.84. The Labute approximate surface area is 177 Å². The summed E-state index contributed by atoms with van der Waals surface area (Å²) < 4.78 is 30.0. The monoisotopic (exact) mass is 432 g/mol. The van der Waals surface area contributed by atoms with E-state index < -0.39 is 36.9 Å². The van der Waals surface area contributed by atoms with Crippen LogP contribution >= 0.6 is 0 Å². The third-order valence-corrected chi connectivity index (χ3v) is 5.01. The van der Waals surface area contributed by atoms with Gasteiger partial charge in [-0.15, -0.1) is 0 Å². The van der Waals surface area contributed by atoms with E-state index in [4.69, 9.17) is 9.84 Å². The first-order valence-electron chi connectivity index (χ1n) is 9.76. The van der Waals surface area contributed by atoms with Crippen LogP contribution in [0.2, 0.25) is 0 Å². The smallest absolute Gasteiger partial charge is 0.407 e. The molecule has 2 aromatic rings. The maximum absolute atomic E-state index is 12.4. The molecule has 0 aliphatic heterocycles. The number of carboxylic acids is 1. The number of alkyl carbamates (subject to hydrolysis) is 1. The number of aliphatic carboxylic acids is 1. The van der Waals surface area contributed by atoms with E-state index in [1.807, 2.05) is 53.8 Å². The fourth-order valence-electron chi connectivity index (χ4n) is 3.59. The summed E-state index contributed by atoms with van der Waals surface area (Å²) in [5, 5.41) is 13.3. The first kappa shape index (κ1) is 22.2. The van der Waals surface area contributed by atoms with Gasteiger partial charge in [0.25, 0.3) is 0 Å². The lowest BCUT2D eigenvalue weighted by Gasteiger charge is -2.15. The average molecular weight is 432 g/mol. The molecular weight excluding hydrogens is 410 g/mol. The maximum Gasteiger partial charge on any atom is 0.407 e. The van der Waals surface area contributed by atoms with Crippen molar-refractivity contribution in [3.8, 4) is 11.1 Å². The van der Waals surface area contributed by atoms with E-state index in [9.17, 15) is 23.2 Å². The van der Waals surface area contributed by atoms with Crippen LogP contribution in [0, 0.1) is 0 Å². The first-order valence-corrected chi connectivity index (χ1v) is 9.76. The molecular formula is C22H22F2N2O5. The van der Waals surface area contributed by atoms with Gasteiger partial charge < -0.3 is 20.5 Å². The van der Waals surface area contributed by atoms with Crippen molar-refractivity contribution in [1.82, 2.24) is 10.6 Å². The third kappa shape index (κ3) is 5.56. The third-order valence-electron chi connectivity index (χ3n) is 5.01. The number of nitrogens with one attached hydrogen (secondary N) is 2. The number of amides is 2. The van der Waals surface area contributed by atoms with Gasteiger partial charge in [0, 0.05) is 25.3 Å². The van der Waals surface area contributed by atoms with Crippen LogP contribution in [0.5, 0.6) is 0 Å². The Morgan fingerprint density at radius 3 is 2.13 bits per heavy atom. The van der Waals surface area contributed by atoms with Gasteiger partial charge in [0.15, 0.2) is 0 Å². The maximum atomic E-state index is 12.4. The fourth-order valence-corrected chi connectivity index (χ4v) is 3.59. The minimum Gasteiger partial charge on any atom is -0.480 e. The predicted octanol–water partition coefficient (Wildman–Crippen LogP) is 3.14. The van der Waals surface area contributed by atoms with E-state index in [-0.39, 0.29) is 25.5 Å². The van der Waals surface area contributed by atoms with E-state index in [1.165, 1.54) is 0 Å². The predicted molar refractivity (Wildman–Crippen MR) is 108 cm³/mol. The normalized spacial score (nSPS) is 13.3. The topological polar surface area (TPSA) is 105 Å². The number of fused-ring (bicyclic) bond motifs is 3. The van der Waals surface area contributed by atoms with E-state index in [2.05, 4.69) is 5.32 Å². The molecule has 0 saturated heterocycles. The van der Waals surface area contributed by atoms with Crippen molar-refractivity contribution in [1.29, 1.82) is 0 Å². The molecule has 1 aliphatic carbocycles. The van der Waals surface area contributed by atoms with Crippen molar-refractivity contribution in [2.45, 2.75) is 31.2 Å². The Morgan fingerprint density at radius 2 is 1.58 bits per heavy atom. The summed E-state index contributed by atoms with van der Waals surface area (Å²) in [6, 6.07) is 14.1. The molecule has 0 radical (unpaired) electrons. The minimum atomic E-state index is -2.86. The molecule has 2 aromatic carbocycles. The van der Waals surface area contributed by atoms with Crippen LogP contribution in [0.4, 0.5) is 13.6 Å². The number of carboxylic acid groups (broad SMARTS) is 1. The summed E-state index contributed by atoms with van der Waals surface area (Å²) in [7, 11) is 0. The number of hydrogen-bond donors (Lipinski definition) is 3. The van der Waals surface area contributed by atoms with Crippen LogP contribution in [-0.2, 0) is 14.3 Å². The van der Waals surface area contributed by atoms with Gasteiger partial charge in [-0.3, -0.25) is 4.79 Å². The molecule has 1 atom stereocenters. The molecule has 0 saturated carbocycles. The average Bonchev–Trinajstić information content (AvgIpc) is 3.05. The van der Waals surface area contributed by atoms with Gasteiger partial charge in [-0.2, -0.15) is 0 Å². The Kier molecular flexibility index (Phi) is 7.17. The summed E-state index contributed by atoms with van der Waals surface area (Å²) in [6.45, 7) is -0.00887. The summed E-state index contributed by atoms with van der Waals surface area (Å²) >= 11 is 0. The van der Waals surface area contributed by atoms with Crippen molar-refractivity contribution in [3.63, 3.8) is 0 Å². The molecule has 0 aromatic heterocycles. The van der Waals surface area contributed by atoms with Crippen LogP contribution in [-0.4, -0.2) is 48.7 Å². The lowest BCUT2D eigenvalue weighted by Crippen LogP contribution is -2.43. The Balaban J connectivity index is 1.47. The Bertz CT molecular complexity index is 921.